The van der Waals surface area contributed by atoms with Gasteiger partial charge in [-0.05, 0) is 22.0 Å². The summed E-state index contributed by atoms with van der Waals surface area (Å²) in [4.78, 5) is 24.9. The van der Waals surface area contributed by atoms with Gasteiger partial charge in [0.1, 0.15) is 0 Å². The number of aldehydes is 1. The summed E-state index contributed by atoms with van der Waals surface area (Å²) in [6.45, 7) is 0. The van der Waals surface area contributed by atoms with Gasteiger partial charge in [-0.1, -0.05) is 0 Å². The number of aromatic nitrogens is 1. The maximum atomic E-state index is 11.3. The van der Waals surface area contributed by atoms with Crippen LogP contribution < -0.4 is 5.56 Å². The van der Waals surface area contributed by atoms with E-state index in [1.54, 1.807) is 12.3 Å². The Bertz CT molecular complexity index is 528. The van der Waals surface area contributed by atoms with E-state index in [2.05, 4.69) is 20.9 Å². The Morgan fingerprint density at radius 1 is 1.54 bits per heavy atom. The van der Waals surface area contributed by atoms with E-state index < -0.39 is 0 Å². The summed E-state index contributed by atoms with van der Waals surface area (Å²) in [5.74, 6) is 0. The third kappa shape index (κ3) is 1.34. The molecule has 1 N–H and O–H groups in total. The molecule has 0 amide bonds. The Morgan fingerprint density at radius 3 is 2.92 bits per heavy atom. The minimum atomic E-state index is -0.164. The number of rotatable bonds is 1. The number of carbonyl (C=O) groups is 1. The molecule has 13 heavy (non-hydrogen) atoms. The summed E-state index contributed by atoms with van der Waals surface area (Å²) < 4.78 is 1.62. The molecule has 0 aliphatic heterocycles. The Hall–Kier alpha value is -0.940. The van der Waals surface area contributed by atoms with Gasteiger partial charge in [-0.15, -0.1) is 11.3 Å². The molecular weight excluding hydrogens is 254 g/mol. The molecule has 0 spiro atoms. The van der Waals surface area contributed by atoms with E-state index in [9.17, 15) is 9.59 Å². The van der Waals surface area contributed by atoms with E-state index in [1.807, 2.05) is 0 Å². The minimum Gasteiger partial charge on any atom is -0.327 e. The number of thiophene rings is 1. The molecule has 0 saturated heterocycles. The molecule has 2 aromatic heterocycles. The summed E-state index contributed by atoms with van der Waals surface area (Å²) in [5, 5.41) is 0.557. The van der Waals surface area contributed by atoms with Crippen LogP contribution in [0.15, 0.2) is 21.5 Å². The number of hydrogen-bond acceptors (Lipinski definition) is 3. The predicted octanol–water partition coefficient (Wildman–Crippen LogP) is 2.16. The average Bonchev–Trinajstić information content (AvgIpc) is 2.56. The third-order valence-corrected chi connectivity index (χ3v) is 3.64. The molecule has 0 aromatic carbocycles. The Kier molecular flexibility index (Phi) is 2.05. The lowest BCUT2D eigenvalue weighted by atomic mass is 10.3. The van der Waals surface area contributed by atoms with Gasteiger partial charge in [0, 0.05) is 6.20 Å². The van der Waals surface area contributed by atoms with Crippen LogP contribution in [0.5, 0.6) is 0 Å². The number of halogens is 1. The van der Waals surface area contributed by atoms with Gasteiger partial charge in [0.05, 0.1) is 19.4 Å². The van der Waals surface area contributed by atoms with E-state index in [4.69, 9.17) is 0 Å². The first-order chi connectivity index (χ1) is 6.22. The second-order valence-corrected chi connectivity index (χ2v) is 4.41. The first-order valence-electron chi connectivity index (χ1n) is 3.48. The highest BCUT2D eigenvalue weighted by atomic mass is 79.9. The molecule has 0 atom stereocenters. The largest absolute Gasteiger partial charge is 0.327 e. The molecule has 0 fully saturated rings. The highest BCUT2D eigenvalue weighted by Gasteiger charge is 2.07. The predicted molar refractivity (Wildman–Crippen MR) is 55.5 cm³/mol. The van der Waals surface area contributed by atoms with Gasteiger partial charge >= 0.3 is 0 Å². The summed E-state index contributed by atoms with van der Waals surface area (Å²) >= 11 is 4.60. The van der Waals surface area contributed by atoms with Crippen molar-refractivity contribution < 1.29 is 4.79 Å². The molecule has 0 aliphatic carbocycles. The van der Waals surface area contributed by atoms with Crippen LogP contribution in [0, 0.1) is 0 Å². The van der Waals surface area contributed by atoms with Crippen LogP contribution in [0.25, 0.3) is 10.1 Å². The van der Waals surface area contributed by atoms with Crippen molar-refractivity contribution in [1.82, 2.24) is 4.98 Å². The molecule has 2 rings (SSSR count). The molecule has 2 aromatic rings. The van der Waals surface area contributed by atoms with Gasteiger partial charge in [0.2, 0.25) is 0 Å². The fourth-order valence-corrected chi connectivity index (χ4v) is 2.54. The van der Waals surface area contributed by atoms with Crippen LogP contribution in [0.4, 0.5) is 0 Å². The van der Waals surface area contributed by atoms with Crippen LogP contribution in [0.2, 0.25) is 0 Å². The van der Waals surface area contributed by atoms with Crippen molar-refractivity contribution in [2.75, 3.05) is 0 Å². The van der Waals surface area contributed by atoms with E-state index in [-0.39, 0.29) is 5.56 Å². The summed E-state index contributed by atoms with van der Waals surface area (Å²) in [5.41, 5.74) is -0.164. The smallest absolute Gasteiger partial charge is 0.256 e. The zero-order valence-corrected chi connectivity index (χ0v) is 8.74. The zero-order valence-electron chi connectivity index (χ0n) is 6.33. The Morgan fingerprint density at radius 2 is 2.31 bits per heavy atom. The lowest BCUT2D eigenvalue weighted by Gasteiger charge is -1.90. The van der Waals surface area contributed by atoms with Gasteiger partial charge in [-0.25, -0.2) is 0 Å². The number of aromatic amines is 1. The molecule has 2 heterocycles. The molecular formula is C8H4BrNO2S. The number of H-pyrrole nitrogens is 1. The van der Waals surface area contributed by atoms with Crippen LogP contribution in [0.3, 0.4) is 0 Å². The zero-order chi connectivity index (χ0) is 9.42. The maximum absolute atomic E-state index is 11.3. The highest BCUT2D eigenvalue weighted by Crippen LogP contribution is 2.28. The molecule has 66 valence electrons. The highest BCUT2D eigenvalue weighted by molar-refractivity contribution is 9.10. The van der Waals surface area contributed by atoms with Crippen molar-refractivity contribution in [1.29, 1.82) is 0 Å². The van der Waals surface area contributed by atoms with Crippen molar-refractivity contribution in [2.45, 2.75) is 0 Å². The van der Waals surface area contributed by atoms with Gasteiger partial charge < -0.3 is 4.98 Å². The average molecular weight is 258 g/mol. The number of nitrogens with one attached hydrogen (secondary N) is 1. The van der Waals surface area contributed by atoms with Crippen LogP contribution in [0.1, 0.15) is 9.67 Å². The van der Waals surface area contributed by atoms with Crippen LogP contribution >= 0.6 is 27.3 Å². The lowest BCUT2D eigenvalue weighted by molar-refractivity contribution is 0.112. The first kappa shape index (κ1) is 8.65. The normalized spacial score (nSPS) is 10.5. The summed E-state index contributed by atoms with van der Waals surface area (Å²) in [6.07, 6.45) is 2.33. The van der Waals surface area contributed by atoms with Crippen molar-refractivity contribution in [3.8, 4) is 0 Å². The van der Waals surface area contributed by atoms with Gasteiger partial charge in [0.25, 0.3) is 5.56 Å². The lowest BCUT2D eigenvalue weighted by Crippen LogP contribution is -2.02. The maximum Gasteiger partial charge on any atom is 0.256 e. The SMILES string of the molecule is O=Cc1cc2c(=O)[nH]cc(Br)c2s1. The minimum absolute atomic E-state index is 0.164. The summed E-state index contributed by atoms with van der Waals surface area (Å²) in [7, 11) is 0. The van der Waals surface area contributed by atoms with Crippen molar-refractivity contribution >= 4 is 43.6 Å². The van der Waals surface area contributed by atoms with E-state index >= 15 is 0 Å². The van der Waals surface area contributed by atoms with Gasteiger partial charge in [-0.3, -0.25) is 9.59 Å². The van der Waals surface area contributed by atoms with Gasteiger partial charge in [-0.2, -0.15) is 0 Å². The van der Waals surface area contributed by atoms with Gasteiger partial charge in [0.15, 0.2) is 6.29 Å². The van der Waals surface area contributed by atoms with Crippen molar-refractivity contribution in [3.63, 3.8) is 0 Å². The first-order valence-corrected chi connectivity index (χ1v) is 5.09. The van der Waals surface area contributed by atoms with E-state index in [0.29, 0.717) is 10.3 Å². The number of hydrogen-bond donors (Lipinski definition) is 1. The van der Waals surface area contributed by atoms with Crippen LogP contribution in [-0.2, 0) is 0 Å². The second kappa shape index (κ2) is 3.08. The van der Waals surface area contributed by atoms with Crippen LogP contribution in [-0.4, -0.2) is 11.3 Å². The number of carbonyl (C=O) groups excluding carboxylic acids is 1. The van der Waals surface area contributed by atoms with Crippen molar-refractivity contribution in [2.24, 2.45) is 0 Å². The standard InChI is InChI=1S/C8H4BrNO2S/c9-6-2-10-8(12)5-1-4(3-11)13-7(5)6/h1-3H,(H,10,12). The molecule has 0 unspecified atom stereocenters. The van der Waals surface area contributed by atoms with E-state index in [0.717, 1.165) is 15.5 Å². The van der Waals surface area contributed by atoms with Crippen molar-refractivity contribution in [3.05, 3.63) is 32.0 Å². The van der Waals surface area contributed by atoms with E-state index in [1.165, 1.54) is 11.3 Å². The molecule has 0 saturated carbocycles. The topological polar surface area (TPSA) is 49.9 Å². The third-order valence-electron chi connectivity index (χ3n) is 1.66. The Labute approximate surface area is 85.5 Å². The molecule has 5 heteroatoms. The number of fused-ring (bicyclic) bond motifs is 1. The monoisotopic (exact) mass is 257 g/mol. The fraction of sp³-hybridized carbons (Fsp3) is 0. The molecule has 3 nitrogen and oxygen atoms in total. The summed E-state index contributed by atoms with van der Waals surface area (Å²) in [6, 6.07) is 1.59. The molecule has 0 bridgehead atoms. The molecule has 0 radical (unpaired) electrons. The Balaban J connectivity index is 2.96. The number of pyridine rings is 1. The fourth-order valence-electron chi connectivity index (χ4n) is 1.09. The second-order valence-electron chi connectivity index (χ2n) is 2.48. The quantitative estimate of drug-likeness (QED) is 0.797. The molecule has 0 aliphatic rings.